The lowest BCUT2D eigenvalue weighted by atomic mass is 10.1. The fourth-order valence-corrected chi connectivity index (χ4v) is 3.74. The lowest BCUT2D eigenvalue weighted by Crippen LogP contribution is -2.53. The Hall–Kier alpha value is -1.88. The van der Waals surface area contributed by atoms with Crippen molar-refractivity contribution in [2.24, 2.45) is 0 Å². The zero-order chi connectivity index (χ0) is 19.2. The Kier molecular flexibility index (Phi) is 6.89. The second kappa shape index (κ2) is 9.36. The molecule has 0 aromatic heterocycles. The number of rotatable bonds is 6. The minimum absolute atomic E-state index is 0.0188. The molecule has 2 aromatic carbocycles. The lowest BCUT2D eigenvalue weighted by Gasteiger charge is -2.37. The number of benzene rings is 2. The number of amides is 1. The Labute approximate surface area is 167 Å². The number of nitrogens with one attached hydrogen (secondary N) is 1. The maximum absolute atomic E-state index is 12.7. The minimum atomic E-state index is -0.121. The number of carbonyl (C=O) groups is 1. The van der Waals surface area contributed by atoms with Crippen LogP contribution in [0.4, 0.5) is 0 Å². The molecule has 1 saturated heterocycles. The summed E-state index contributed by atoms with van der Waals surface area (Å²) < 4.78 is 0. The largest absolute Gasteiger partial charge is 0.348 e. The molecule has 5 heteroatoms. The predicted molar refractivity (Wildman–Crippen MR) is 111 cm³/mol. The molecule has 1 fully saturated rings. The number of hydrogen-bond donors (Lipinski definition) is 1. The van der Waals surface area contributed by atoms with Gasteiger partial charge in [0.1, 0.15) is 0 Å². The first-order valence-corrected chi connectivity index (χ1v) is 9.97. The molecule has 1 aliphatic rings. The van der Waals surface area contributed by atoms with E-state index in [1.165, 1.54) is 5.56 Å². The Morgan fingerprint density at radius 1 is 1.04 bits per heavy atom. The first-order chi connectivity index (χ1) is 13.0. The smallest absolute Gasteiger partial charge is 0.237 e. The molecule has 0 unspecified atom stereocenters. The van der Waals surface area contributed by atoms with Crippen LogP contribution in [0.2, 0.25) is 5.02 Å². The summed E-state index contributed by atoms with van der Waals surface area (Å²) in [5, 5.41) is 3.92. The molecule has 27 heavy (non-hydrogen) atoms. The van der Waals surface area contributed by atoms with E-state index in [-0.39, 0.29) is 18.0 Å². The van der Waals surface area contributed by atoms with E-state index >= 15 is 0 Å². The van der Waals surface area contributed by atoms with Gasteiger partial charge in [0, 0.05) is 37.7 Å². The minimum Gasteiger partial charge on any atom is -0.348 e. The molecule has 2 atom stereocenters. The van der Waals surface area contributed by atoms with Crippen LogP contribution in [0.25, 0.3) is 0 Å². The van der Waals surface area contributed by atoms with E-state index in [0.717, 1.165) is 43.3 Å². The van der Waals surface area contributed by atoms with Crippen LogP contribution in [0, 0.1) is 0 Å². The average molecular weight is 386 g/mol. The Bertz CT molecular complexity index is 744. The highest BCUT2D eigenvalue weighted by atomic mass is 35.5. The third-order valence-electron chi connectivity index (χ3n) is 5.29. The van der Waals surface area contributed by atoms with Crippen LogP contribution in [0.15, 0.2) is 54.6 Å². The quantitative estimate of drug-likeness (QED) is 0.823. The van der Waals surface area contributed by atoms with Gasteiger partial charge < -0.3 is 5.32 Å². The van der Waals surface area contributed by atoms with E-state index < -0.39 is 0 Å². The summed E-state index contributed by atoms with van der Waals surface area (Å²) in [4.78, 5) is 17.3. The molecule has 2 aromatic rings. The average Bonchev–Trinajstić information content (AvgIpc) is 2.68. The molecule has 1 amide bonds. The molecule has 0 saturated carbocycles. The molecule has 0 aliphatic carbocycles. The molecule has 0 bridgehead atoms. The maximum Gasteiger partial charge on any atom is 0.237 e. The van der Waals surface area contributed by atoms with E-state index in [4.69, 9.17) is 11.6 Å². The standard InChI is InChI=1S/C22H28ClN3O/c1-17(20-8-4-3-5-9-20)24-22(27)18(2)26-13-11-25(12-14-26)16-19-7-6-10-21(23)15-19/h3-10,15,17-18H,11-14,16H2,1-2H3,(H,24,27)/t17-,18+/m1/s1. The van der Waals surface area contributed by atoms with Gasteiger partial charge in [0.25, 0.3) is 0 Å². The summed E-state index contributed by atoms with van der Waals surface area (Å²) in [5.41, 5.74) is 2.36. The van der Waals surface area contributed by atoms with E-state index in [0.29, 0.717) is 0 Å². The van der Waals surface area contributed by atoms with Crippen LogP contribution in [0.1, 0.15) is 31.0 Å². The second-order valence-electron chi connectivity index (χ2n) is 7.26. The normalized spacial score (nSPS) is 18.0. The summed E-state index contributed by atoms with van der Waals surface area (Å²) >= 11 is 6.08. The van der Waals surface area contributed by atoms with Crippen molar-refractivity contribution in [3.8, 4) is 0 Å². The third-order valence-corrected chi connectivity index (χ3v) is 5.52. The van der Waals surface area contributed by atoms with Gasteiger partial charge in [0.15, 0.2) is 0 Å². The van der Waals surface area contributed by atoms with Gasteiger partial charge in [0.2, 0.25) is 5.91 Å². The predicted octanol–water partition coefficient (Wildman–Crippen LogP) is 3.72. The highest BCUT2D eigenvalue weighted by Gasteiger charge is 2.26. The summed E-state index contributed by atoms with van der Waals surface area (Å²) in [6, 6.07) is 18.0. The van der Waals surface area contributed by atoms with Gasteiger partial charge in [-0.3, -0.25) is 14.6 Å². The summed E-state index contributed by atoms with van der Waals surface area (Å²) in [6.45, 7) is 8.64. The van der Waals surface area contributed by atoms with Crippen LogP contribution >= 0.6 is 11.6 Å². The summed E-state index contributed by atoms with van der Waals surface area (Å²) in [7, 11) is 0. The zero-order valence-electron chi connectivity index (χ0n) is 16.1. The molecule has 1 aliphatic heterocycles. The molecular weight excluding hydrogens is 358 g/mol. The van der Waals surface area contributed by atoms with E-state index in [9.17, 15) is 4.79 Å². The highest BCUT2D eigenvalue weighted by Crippen LogP contribution is 2.16. The molecule has 0 spiro atoms. The van der Waals surface area contributed by atoms with Crippen LogP contribution in [0.5, 0.6) is 0 Å². The van der Waals surface area contributed by atoms with Crippen molar-refractivity contribution in [2.75, 3.05) is 26.2 Å². The highest BCUT2D eigenvalue weighted by molar-refractivity contribution is 6.30. The topological polar surface area (TPSA) is 35.6 Å². The number of hydrogen-bond acceptors (Lipinski definition) is 3. The third kappa shape index (κ3) is 5.55. The van der Waals surface area contributed by atoms with Crippen molar-refractivity contribution in [2.45, 2.75) is 32.5 Å². The molecular formula is C22H28ClN3O. The Balaban J connectivity index is 1.47. The van der Waals surface area contributed by atoms with Gasteiger partial charge in [-0.05, 0) is 37.1 Å². The van der Waals surface area contributed by atoms with Crippen LogP contribution < -0.4 is 5.32 Å². The van der Waals surface area contributed by atoms with Crippen LogP contribution in [0.3, 0.4) is 0 Å². The van der Waals surface area contributed by atoms with Gasteiger partial charge >= 0.3 is 0 Å². The monoisotopic (exact) mass is 385 g/mol. The van der Waals surface area contributed by atoms with Crippen molar-refractivity contribution in [3.63, 3.8) is 0 Å². The van der Waals surface area contributed by atoms with Gasteiger partial charge in [-0.1, -0.05) is 54.1 Å². The summed E-state index contributed by atoms with van der Waals surface area (Å²) in [5.74, 6) is 0.0923. The van der Waals surface area contributed by atoms with Gasteiger partial charge in [-0.25, -0.2) is 0 Å². The van der Waals surface area contributed by atoms with Crippen molar-refractivity contribution in [3.05, 3.63) is 70.7 Å². The second-order valence-corrected chi connectivity index (χ2v) is 7.70. The van der Waals surface area contributed by atoms with Crippen molar-refractivity contribution in [1.29, 1.82) is 0 Å². The van der Waals surface area contributed by atoms with Crippen molar-refractivity contribution >= 4 is 17.5 Å². The number of halogens is 1. The van der Waals surface area contributed by atoms with Gasteiger partial charge in [-0.15, -0.1) is 0 Å². The van der Waals surface area contributed by atoms with Crippen molar-refractivity contribution in [1.82, 2.24) is 15.1 Å². The Morgan fingerprint density at radius 2 is 1.74 bits per heavy atom. The van der Waals surface area contributed by atoms with Crippen LogP contribution in [-0.4, -0.2) is 47.9 Å². The van der Waals surface area contributed by atoms with E-state index in [1.807, 2.05) is 62.4 Å². The number of nitrogens with zero attached hydrogens (tertiary/aromatic N) is 2. The zero-order valence-corrected chi connectivity index (χ0v) is 16.8. The number of carbonyl (C=O) groups excluding carboxylic acids is 1. The lowest BCUT2D eigenvalue weighted by molar-refractivity contribution is -0.127. The fraction of sp³-hybridized carbons (Fsp3) is 0.409. The SMILES string of the molecule is C[C@@H](NC(=O)[C@H](C)N1CCN(Cc2cccc(Cl)c2)CC1)c1ccccc1. The van der Waals surface area contributed by atoms with E-state index in [2.05, 4.69) is 21.2 Å². The molecule has 144 valence electrons. The van der Waals surface area contributed by atoms with Crippen molar-refractivity contribution < 1.29 is 4.79 Å². The first-order valence-electron chi connectivity index (χ1n) is 9.59. The Morgan fingerprint density at radius 3 is 2.41 bits per heavy atom. The molecule has 4 nitrogen and oxygen atoms in total. The van der Waals surface area contributed by atoms with E-state index in [1.54, 1.807) is 0 Å². The fourth-order valence-electron chi connectivity index (χ4n) is 3.53. The molecule has 3 rings (SSSR count). The maximum atomic E-state index is 12.7. The molecule has 0 radical (unpaired) electrons. The van der Waals surface area contributed by atoms with Crippen LogP contribution in [-0.2, 0) is 11.3 Å². The van der Waals surface area contributed by atoms with Gasteiger partial charge in [-0.2, -0.15) is 0 Å². The number of piperazine rings is 1. The first kappa shape index (κ1) is 19.9. The van der Waals surface area contributed by atoms with Gasteiger partial charge in [0.05, 0.1) is 12.1 Å². The summed E-state index contributed by atoms with van der Waals surface area (Å²) in [6.07, 6.45) is 0. The molecule has 1 heterocycles. The molecule has 1 N–H and O–H groups in total.